The van der Waals surface area contributed by atoms with E-state index in [1.807, 2.05) is 25.1 Å². The minimum absolute atomic E-state index is 0.101. The SMILES string of the molecule is Cc1ccc(-c2ccc(/C=C/C(=O)Nc3cccc(C(=O)O)c3)o2)cc1Cl. The molecule has 1 heterocycles. The van der Waals surface area contributed by atoms with E-state index in [0.29, 0.717) is 22.2 Å². The van der Waals surface area contributed by atoms with Crippen LogP contribution in [0, 0.1) is 6.92 Å². The average molecular weight is 382 g/mol. The number of amides is 1. The van der Waals surface area contributed by atoms with Crippen LogP contribution < -0.4 is 5.32 Å². The van der Waals surface area contributed by atoms with Crippen molar-refractivity contribution in [3.8, 4) is 11.3 Å². The Morgan fingerprint density at radius 3 is 2.67 bits per heavy atom. The number of furan rings is 1. The number of carboxylic acid groups (broad SMARTS) is 1. The van der Waals surface area contributed by atoms with Crippen molar-refractivity contribution in [3.63, 3.8) is 0 Å². The highest BCUT2D eigenvalue weighted by Gasteiger charge is 2.07. The Kier molecular flexibility index (Phi) is 5.43. The van der Waals surface area contributed by atoms with Crippen LogP contribution in [0.1, 0.15) is 21.7 Å². The van der Waals surface area contributed by atoms with Crippen LogP contribution in [0.2, 0.25) is 5.02 Å². The lowest BCUT2D eigenvalue weighted by atomic mass is 10.1. The molecule has 0 bridgehead atoms. The molecule has 6 heteroatoms. The number of carboxylic acids is 1. The van der Waals surface area contributed by atoms with E-state index < -0.39 is 11.9 Å². The summed E-state index contributed by atoms with van der Waals surface area (Å²) in [4.78, 5) is 23.0. The first-order valence-corrected chi connectivity index (χ1v) is 8.49. The van der Waals surface area contributed by atoms with E-state index in [9.17, 15) is 9.59 Å². The molecule has 0 aliphatic carbocycles. The molecule has 0 unspecified atom stereocenters. The van der Waals surface area contributed by atoms with Crippen LogP contribution in [-0.2, 0) is 4.79 Å². The van der Waals surface area contributed by atoms with Crippen molar-refractivity contribution >= 4 is 35.2 Å². The van der Waals surface area contributed by atoms with Gasteiger partial charge in [0.2, 0.25) is 5.91 Å². The number of rotatable bonds is 5. The molecule has 0 radical (unpaired) electrons. The van der Waals surface area contributed by atoms with E-state index in [-0.39, 0.29) is 5.56 Å². The molecule has 0 atom stereocenters. The number of hydrogen-bond acceptors (Lipinski definition) is 3. The van der Waals surface area contributed by atoms with Gasteiger partial charge in [0, 0.05) is 22.3 Å². The maximum Gasteiger partial charge on any atom is 0.335 e. The maximum atomic E-state index is 12.0. The summed E-state index contributed by atoms with van der Waals surface area (Å²) >= 11 is 6.14. The van der Waals surface area contributed by atoms with E-state index in [2.05, 4.69) is 5.32 Å². The predicted octanol–water partition coefficient (Wildman–Crippen LogP) is 5.26. The molecule has 0 saturated heterocycles. The normalized spacial score (nSPS) is 10.9. The molecular formula is C21H16ClNO4. The summed E-state index contributed by atoms with van der Waals surface area (Å²) in [5, 5.41) is 12.2. The van der Waals surface area contributed by atoms with Crippen molar-refractivity contribution in [1.29, 1.82) is 0 Å². The molecule has 1 aromatic heterocycles. The monoisotopic (exact) mass is 381 g/mol. The molecule has 0 aliphatic rings. The number of carbonyl (C=O) groups is 2. The van der Waals surface area contributed by atoms with E-state index in [1.165, 1.54) is 24.3 Å². The van der Waals surface area contributed by atoms with Gasteiger partial charge in [0.05, 0.1) is 5.56 Å². The molecule has 5 nitrogen and oxygen atoms in total. The molecule has 3 aromatic rings. The Morgan fingerprint density at radius 2 is 1.93 bits per heavy atom. The van der Waals surface area contributed by atoms with Crippen LogP contribution in [0.4, 0.5) is 5.69 Å². The van der Waals surface area contributed by atoms with Crippen LogP contribution in [0.25, 0.3) is 17.4 Å². The third-order valence-electron chi connectivity index (χ3n) is 3.86. The quantitative estimate of drug-likeness (QED) is 0.591. The van der Waals surface area contributed by atoms with Crippen molar-refractivity contribution in [1.82, 2.24) is 0 Å². The number of carbonyl (C=O) groups excluding carboxylic acids is 1. The zero-order valence-electron chi connectivity index (χ0n) is 14.4. The van der Waals surface area contributed by atoms with Crippen LogP contribution in [0.15, 0.2) is 65.1 Å². The van der Waals surface area contributed by atoms with Crippen LogP contribution in [0.3, 0.4) is 0 Å². The third-order valence-corrected chi connectivity index (χ3v) is 4.27. The number of anilines is 1. The van der Waals surface area contributed by atoms with Gasteiger partial charge in [0.15, 0.2) is 0 Å². The summed E-state index contributed by atoms with van der Waals surface area (Å²) in [5.41, 5.74) is 2.33. The fourth-order valence-corrected chi connectivity index (χ4v) is 2.60. The molecule has 136 valence electrons. The fourth-order valence-electron chi connectivity index (χ4n) is 2.42. The molecule has 27 heavy (non-hydrogen) atoms. The smallest absolute Gasteiger partial charge is 0.335 e. The highest BCUT2D eigenvalue weighted by Crippen LogP contribution is 2.27. The van der Waals surface area contributed by atoms with Crippen molar-refractivity contribution in [2.75, 3.05) is 5.32 Å². The number of nitrogens with one attached hydrogen (secondary N) is 1. The van der Waals surface area contributed by atoms with Crippen LogP contribution in [0.5, 0.6) is 0 Å². The average Bonchev–Trinajstić information content (AvgIpc) is 3.11. The summed E-state index contributed by atoms with van der Waals surface area (Å²) < 4.78 is 5.71. The number of hydrogen-bond donors (Lipinski definition) is 2. The molecule has 0 spiro atoms. The van der Waals surface area contributed by atoms with Gasteiger partial charge in [0.25, 0.3) is 0 Å². The summed E-state index contributed by atoms with van der Waals surface area (Å²) in [7, 11) is 0. The van der Waals surface area contributed by atoms with Crippen molar-refractivity contribution in [2.24, 2.45) is 0 Å². The van der Waals surface area contributed by atoms with Crippen LogP contribution >= 0.6 is 11.6 Å². The molecule has 0 aliphatic heterocycles. The van der Waals surface area contributed by atoms with E-state index in [1.54, 1.807) is 24.3 Å². The van der Waals surface area contributed by atoms with Gasteiger partial charge in [-0.3, -0.25) is 4.79 Å². The number of aryl methyl sites for hydroxylation is 1. The summed E-state index contributed by atoms with van der Waals surface area (Å²) in [6, 6.07) is 15.2. The van der Waals surface area contributed by atoms with Gasteiger partial charge in [-0.2, -0.15) is 0 Å². The first-order chi connectivity index (χ1) is 12.9. The van der Waals surface area contributed by atoms with E-state index in [4.69, 9.17) is 21.1 Å². The topological polar surface area (TPSA) is 79.5 Å². The highest BCUT2D eigenvalue weighted by molar-refractivity contribution is 6.31. The Bertz CT molecular complexity index is 1040. The molecular weight excluding hydrogens is 366 g/mol. The number of benzene rings is 2. The Balaban J connectivity index is 1.68. The van der Waals surface area contributed by atoms with Gasteiger partial charge in [-0.05, 0) is 55.0 Å². The van der Waals surface area contributed by atoms with Crippen molar-refractivity contribution < 1.29 is 19.1 Å². The zero-order chi connectivity index (χ0) is 19.4. The van der Waals surface area contributed by atoms with E-state index in [0.717, 1.165) is 11.1 Å². The molecule has 2 N–H and O–H groups in total. The second kappa shape index (κ2) is 7.93. The Labute approximate surface area is 160 Å². The predicted molar refractivity (Wildman–Crippen MR) is 105 cm³/mol. The van der Waals surface area contributed by atoms with Gasteiger partial charge < -0.3 is 14.8 Å². The van der Waals surface area contributed by atoms with Gasteiger partial charge in [0.1, 0.15) is 11.5 Å². The summed E-state index contributed by atoms with van der Waals surface area (Å²) in [6.07, 6.45) is 2.86. The first-order valence-electron chi connectivity index (χ1n) is 8.11. The van der Waals surface area contributed by atoms with Crippen LogP contribution in [-0.4, -0.2) is 17.0 Å². The lowest BCUT2D eigenvalue weighted by Crippen LogP contribution is -2.08. The van der Waals surface area contributed by atoms with Gasteiger partial charge >= 0.3 is 5.97 Å². The summed E-state index contributed by atoms with van der Waals surface area (Å²) in [5.74, 6) is -0.294. The second-order valence-corrected chi connectivity index (χ2v) is 6.28. The van der Waals surface area contributed by atoms with Crippen molar-refractivity contribution in [3.05, 3.63) is 82.6 Å². The lowest BCUT2D eigenvalue weighted by molar-refractivity contribution is -0.111. The molecule has 2 aromatic carbocycles. The fraction of sp³-hybridized carbons (Fsp3) is 0.0476. The molecule has 0 saturated carbocycles. The number of halogens is 1. The van der Waals surface area contributed by atoms with Gasteiger partial charge in [-0.15, -0.1) is 0 Å². The van der Waals surface area contributed by atoms with Crippen molar-refractivity contribution in [2.45, 2.75) is 6.92 Å². The third kappa shape index (κ3) is 4.65. The number of aromatic carboxylic acids is 1. The Hall–Kier alpha value is -3.31. The molecule has 3 rings (SSSR count). The minimum Gasteiger partial charge on any atom is -0.478 e. The Morgan fingerprint density at radius 1 is 1.11 bits per heavy atom. The molecule has 0 fully saturated rings. The zero-order valence-corrected chi connectivity index (χ0v) is 15.2. The molecule has 1 amide bonds. The maximum absolute atomic E-state index is 12.0. The summed E-state index contributed by atoms with van der Waals surface area (Å²) in [6.45, 7) is 1.92. The van der Waals surface area contributed by atoms with Gasteiger partial charge in [-0.25, -0.2) is 4.79 Å². The standard InChI is InChI=1S/C21H16ClNO4/c1-13-5-6-14(12-18(13)22)19-9-7-17(27-19)8-10-20(24)23-16-4-2-3-15(11-16)21(25)26/h2-12H,1H3,(H,23,24)(H,25,26)/b10-8+. The first kappa shape index (κ1) is 18.5. The lowest BCUT2D eigenvalue weighted by Gasteiger charge is -2.03. The second-order valence-electron chi connectivity index (χ2n) is 5.87. The highest BCUT2D eigenvalue weighted by atomic mass is 35.5. The largest absolute Gasteiger partial charge is 0.478 e. The van der Waals surface area contributed by atoms with Gasteiger partial charge in [-0.1, -0.05) is 29.8 Å². The van der Waals surface area contributed by atoms with E-state index >= 15 is 0 Å². The minimum atomic E-state index is -1.05.